The van der Waals surface area contributed by atoms with E-state index in [1.54, 1.807) is 7.05 Å². The second-order valence-corrected chi connectivity index (χ2v) is 10.7. The number of carbonyl (C=O) groups excluding carboxylic acids is 2. The first kappa shape index (κ1) is 27.8. The van der Waals surface area contributed by atoms with E-state index in [1.165, 1.54) is 32.1 Å². The number of nitrogens with one attached hydrogen (secondary N) is 3. The predicted molar refractivity (Wildman–Crippen MR) is 141 cm³/mol. The van der Waals surface area contributed by atoms with Gasteiger partial charge in [-0.05, 0) is 56.8 Å². The summed E-state index contributed by atoms with van der Waals surface area (Å²) in [5.41, 5.74) is 0.176. The lowest BCUT2D eigenvalue weighted by Gasteiger charge is -2.44. The van der Waals surface area contributed by atoms with Gasteiger partial charge < -0.3 is 25.6 Å². The van der Waals surface area contributed by atoms with Crippen molar-refractivity contribution < 1.29 is 14.3 Å². The van der Waals surface area contributed by atoms with Crippen LogP contribution in [-0.4, -0.2) is 63.2 Å². The molecule has 8 heteroatoms. The summed E-state index contributed by atoms with van der Waals surface area (Å²) in [7, 11) is 3.54. The Bertz CT molecular complexity index is 832. The van der Waals surface area contributed by atoms with Crippen molar-refractivity contribution in [2.24, 2.45) is 11.8 Å². The largest absolute Gasteiger partial charge is 0.360 e. The minimum atomic E-state index is -0.747. The van der Waals surface area contributed by atoms with Gasteiger partial charge in [0.1, 0.15) is 6.61 Å². The lowest BCUT2D eigenvalue weighted by atomic mass is 9.78. The van der Waals surface area contributed by atoms with E-state index in [9.17, 15) is 9.59 Å². The number of nitrogens with zero attached hydrogens (tertiary/aromatic N) is 1. The molecule has 35 heavy (non-hydrogen) atoms. The second kappa shape index (κ2) is 13.5. The van der Waals surface area contributed by atoms with Crippen LogP contribution in [0.25, 0.3) is 0 Å². The lowest BCUT2D eigenvalue weighted by Crippen LogP contribution is -2.54. The van der Waals surface area contributed by atoms with Gasteiger partial charge in [-0.3, -0.25) is 4.79 Å². The summed E-state index contributed by atoms with van der Waals surface area (Å²) >= 11 is 6.31. The minimum absolute atomic E-state index is 0.00879. The molecule has 0 bridgehead atoms. The molecule has 2 aliphatic rings. The highest BCUT2D eigenvalue weighted by molar-refractivity contribution is 6.30. The molecule has 3 atom stereocenters. The summed E-state index contributed by atoms with van der Waals surface area (Å²) in [5.74, 6) is 0.549. The van der Waals surface area contributed by atoms with E-state index in [-0.39, 0.29) is 30.5 Å². The fourth-order valence-electron chi connectivity index (χ4n) is 5.66. The molecule has 0 aromatic heterocycles. The van der Waals surface area contributed by atoms with Gasteiger partial charge in [-0.15, -0.1) is 0 Å². The van der Waals surface area contributed by atoms with Gasteiger partial charge >= 0.3 is 6.03 Å². The van der Waals surface area contributed by atoms with Crippen molar-refractivity contribution in [3.63, 3.8) is 0 Å². The molecular weight excluding hydrogens is 464 g/mol. The van der Waals surface area contributed by atoms with Crippen LogP contribution in [0.1, 0.15) is 63.9 Å². The number of rotatable bonds is 10. The van der Waals surface area contributed by atoms with Crippen LogP contribution < -0.4 is 16.0 Å². The summed E-state index contributed by atoms with van der Waals surface area (Å²) in [6, 6.07) is 7.74. The fraction of sp³-hybridized carbons (Fsp3) is 0.704. The van der Waals surface area contributed by atoms with Crippen LogP contribution in [0.3, 0.4) is 0 Å². The first-order chi connectivity index (χ1) is 16.9. The van der Waals surface area contributed by atoms with Crippen LogP contribution >= 0.6 is 11.6 Å². The van der Waals surface area contributed by atoms with Gasteiger partial charge in [0, 0.05) is 43.7 Å². The smallest absolute Gasteiger partial charge is 0.317 e. The second-order valence-electron chi connectivity index (χ2n) is 10.3. The number of ether oxygens (including phenoxy) is 1. The number of hydrogen-bond donors (Lipinski definition) is 3. The number of likely N-dealkylation sites (tertiary alicyclic amines) is 1. The van der Waals surface area contributed by atoms with Crippen molar-refractivity contribution >= 4 is 23.5 Å². The number of halogens is 1. The Morgan fingerprint density at radius 3 is 2.63 bits per heavy atom. The summed E-state index contributed by atoms with van der Waals surface area (Å²) in [4.78, 5) is 27.3. The molecule has 3 amide bonds. The van der Waals surface area contributed by atoms with E-state index in [4.69, 9.17) is 16.3 Å². The number of piperidine rings is 1. The third kappa shape index (κ3) is 7.83. The van der Waals surface area contributed by atoms with Crippen molar-refractivity contribution in [2.45, 2.75) is 69.9 Å². The number of benzene rings is 1. The molecule has 1 aliphatic heterocycles. The Hall–Kier alpha value is -1.83. The Kier molecular flexibility index (Phi) is 10.7. The van der Waals surface area contributed by atoms with Crippen molar-refractivity contribution in [1.29, 1.82) is 0 Å². The number of carbonyl (C=O) groups is 2. The number of likely N-dealkylation sites (N-methyl/N-ethyl adjacent to an activating group) is 2. The molecule has 0 radical (unpaired) electrons. The van der Waals surface area contributed by atoms with Crippen LogP contribution in [-0.2, 0) is 15.1 Å². The molecule has 1 saturated heterocycles. The van der Waals surface area contributed by atoms with Gasteiger partial charge in [0.2, 0.25) is 5.91 Å². The molecule has 1 aliphatic carbocycles. The predicted octanol–water partition coefficient (Wildman–Crippen LogP) is 4.30. The Labute approximate surface area is 215 Å². The average molecular weight is 507 g/mol. The molecule has 2 unspecified atom stereocenters. The third-order valence-corrected chi connectivity index (χ3v) is 8.02. The Balaban J connectivity index is 1.70. The first-order valence-electron chi connectivity index (χ1n) is 13.2. The van der Waals surface area contributed by atoms with E-state index in [2.05, 4.69) is 16.0 Å². The zero-order valence-corrected chi connectivity index (χ0v) is 22.3. The standard InChI is InChI=1S/C27H43ClN4O3/c1-27(35-19-25(33)30-3,21-11-7-13-23(28)16-21)22-12-8-14-32(18-22)26(34)31-24(17-29-2)15-20-9-5-4-6-10-20/h7,11,13,16,20,22,24,29H,4-6,8-10,12,14-15,17-19H2,1-3H3,(H,30,33)(H,31,34)/t22?,24?,27-/m0/s1. The maximum Gasteiger partial charge on any atom is 0.317 e. The highest BCUT2D eigenvalue weighted by Crippen LogP contribution is 2.39. The van der Waals surface area contributed by atoms with Crippen LogP contribution in [0, 0.1) is 11.8 Å². The van der Waals surface area contributed by atoms with Gasteiger partial charge in [0.15, 0.2) is 0 Å². The summed E-state index contributed by atoms with van der Waals surface area (Å²) in [5, 5.41) is 9.82. The quantitative estimate of drug-likeness (QED) is 0.442. The molecule has 3 N–H and O–H groups in total. The maximum atomic E-state index is 13.4. The van der Waals surface area contributed by atoms with E-state index < -0.39 is 5.60 Å². The molecule has 7 nitrogen and oxygen atoms in total. The van der Waals surface area contributed by atoms with Crippen molar-refractivity contribution in [3.8, 4) is 0 Å². The van der Waals surface area contributed by atoms with E-state index >= 15 is 0 Å². The topological polar surface area (TPSA) is 82.7 Å². The SMILES string of the molecule is CNCC(CC1CCCCC1)NC(=O)N1CCCC([C@@](C)(OCC(=O)NC)c2cccc(Cl)c2)C1. The minimum Gasteiger partial charge on any atom is -0.360 e. The van der Waals surface area contributed by atoms with Crippen molar-refractivity contribution in [2.75, 3.05) is 40.3 Å². The zero-order chi connectivity index (χ0) is 25.3. The third-order valence-electron chi connectivity index (χ3n) is 7.79. The molecule has 196 valence electrons. The van der Waals surface area contributed by atoms with Gasteiger partial charge in [0.05, 0.1) is 5.60 Å². The fourth-order valence-corrected chi connectivity index (χ4v) is 5.85. The summed E-state index contributed by atoms with van der Waals surface area (Å²) in [6.07, 6.45) is 9.29. The van der Waals surface area contributed by atoms with Crippen LogP contribution in [0.5, 0.6) is 0 Å². The Morgan fingerprint density at radius 2 is 1.94 bits per heavy atom. The number of amides is 3. The highest BCUT2D eigenvalue weighted by Gasteiger charge is 2.41. The number of urea groups is 1. The first-order valence-corrected chi connectivity index (χ1v) is 13.5. The molecule has 2 fully saturated rings. The molecule has 1 aromatic rings. The number of hydrogen-bond acceptors (Lipinski definition) is 4. The van der Waals surface area contributed by atoms with Gasteiger partial charge in [-0.1, -0.05) is 55.8 Å². The molecular formula is C27H43ClN4O3. The normalized spacial score (nSPS) is 21.7. The monoisotopic (exact) mass is 506 g/mol. The molecule has 3 rings (SSSR count). The van der Waals surface area contributed by atoms with Crippen LogP contribution in [0.2, 0.25) is 5.02 Å². The average Bonchev–Trinajstić information content (AvgIpc) is 2.87. The molecule has 1 aromatic carbocycles. The highest BCUT2D eigenvalue weighted by atomic mass is 35.5. The Morgan fingerprint density at radius 1 is 1.17 bits per heavy atom. The van der Waals surface area contributed by atoms with E-state index in [0.717, 1.165) is 37.9 Å². The molecule has 0 spiro atoms. The lowest BCUT2D eigenvalue weighted by molar-refractivity contribution is -0.140. The van der Waals surface area contributed by atoms with Gasteiger partial charge in [0.25, 0.3) is 0 Å². The summed E-state index contributed by atoms with van der Waals surface area (Å²) < 4.78 is 6.27. The molecule has 1 heterocycles. The van der Waals surface area contributed by atoms with Crippen molar-refractivity contribution in [1.82, 2.24) is 20.9 Å². The van der Waals surface area contributed by atoms with E-state index in [0.29, 0.717) is 17.5 Å². The van der Waals surface area contributed by atoms with Crippen molar-refractivity contribution in [3.05, 3.63) is 34.9 Å². The maximum absolute atomic E-state index is 13.4. The molecule has 1 saturated carbocycles. The summed E-state index contributed by atoms with van der Waals surface area (Å²) in [6.45, 7) is 4.03. The van der Waals surface area contributed by atoms with Gasteiger partial charge in [-0.25, -0.2) is 4.79 Å². The zero-order valence-electron chi connectivity index (χ0n) is 21.6. The van der Waals surface area contributed by atoms with Gasteiger partial charge in [-0.2, -0.15) is 0 Å². The van der Waals surface area contributed by atoms with Crippen LogP contribution in [0.15, 0.2) is 24.3 Å². The van der Waals surface area contributed by atoms with E-state index in [1.807, 2.05) is 43.1 Å². The van der Waals surface area contributed by atoms with Crippen LogP contribution in [0.4, 0.5) is 4.79 Å².